The van der Waals surface area contributed by atoms with Crippen LogP contribution >= 0.6 is 0 Å². The number of aryl methyl sites for hydroxylation is 1. The molecule has 0 bridgehead atoms. The van der Waals surface area contributed by atoms with Crippen LogP contribution in [0.1, 0.15) is 56.7 Å². The first-order valence-corrected chi connectivity index (χ1v) is 14.6. The van der Waals surface area contributed by atoms with Gasteiger partial charge in [-0.25, -0.2) is 0 Å². The molecule has 9 heteroatoms. The number of hydrogen-bond donors (Lipinski definition) is 4. The maximum atomic E-state index is 14.2. The van der Waals surface area contributed by atoms with Gasteiger partial charge in [0.1, 0.15) is 11.8 Å². The van der Waals surface area contributed by atoms with E-state index in [4.69, 9.17) is 16.2 Å². The second-order valence-corrected chi connectivity index (χ2v) is 10.6. The van der Waals surface area contributed by atoms with Gasteiger partial charge in [0, 0.05) is 37.0 Å². The van der Waals surface area contributed by atoms with E-state index < -0.39 is 23.8 Å². The first-order valence-electron chi connectivity index (χ1n) is 14.6. The molecule has 0 radical (unpaired) electrons. The van der Waals surface area contributed by atoms with Crippen molar-refractivity contribution in [2.24, 2.45) is 11.5 Å². The normalized spacial score (nSPS) is 12.2. The molecule has 0 aliphatic carbocycles. The molecule has 2 atom stereocenters. The molecule has 1 aromatic heterocycles. The third-order valence-corrected chi connectivity index (χ3v) is 7.34. The first kappa shape index (κ1) is 31.9. The lowest BCUT2D eigenvalue weighted by Crippen LogP contribution is -2.49. The number of carbonyl (C=O) groups excluding carboxylic acids is 3. The van der Waals surface area contributed by atoms with Gasteiger partial charge in [-0.3, -0.25) is 19.4 Å². The number of benzene rings is 3. The van der Waals surface area contributed by atoms with Crippen molar-refractivity contribution in [2.45, 2.75) is 51.7 Å². The van der Waals surface area contributed by atoms with Crippen LogP contribution in [0.2, 0.25) is 0 Å². The van der Waals surface area contributed by atoms with Crippen molar-refractivity contribution in [3.8, 4) is 5.75 Å². The summed E-state index contributed by atoms with van der Waals surface area (Å²) in [6.45, 7) is 5.04. The van der Waals surface area contributed by atoms with Gasteiger partial charge < -0.3 is 26.8 Å². The first-order chi connectivity index (χ1) is 21.3. The second kappa shape index (κ2) is 15.5. The zero-order valence-electron chi connectivity index (χ0n) is 25.1. The third kappa shape index (κ3) is 8.75. The van der Waals surface area contributed by atoms with Crippen molar-refractivity contribution in [3.05, 3.63) is 130 Å². The molecule has 6 N–H and O–H groups in total. The molecule has 0 saturated heterocycles. The number of rotatable bonds is 14. The summed E-state index contributed by atoms with van der Waals surface area (Å²) in [5.74, 6) is -1.48. The standard InChI is InChI=1S/C35H39N5O4/c1-3-44-28-14-12-24(13-15-28)19-31(30-18-23(2)7-16-29(30)33(37)41)34(42)40-32(20-27-6-4-5-17-38-27)35(43)39-22-26-10-8-25(21-36)9-11-26/h4-18,31-32H,3,19-22,36H2,1-2H3,(H2,37,41)(H,39,43)(H,40,42)/t31-,32+/m1/s1. The number of hydrogen-bond acceptors (Lipinski definition) is 6. The highest BCUT2D eigenvalue weighted by Gasteiger charge is 2.30. The van der Waals surface area contributed by atoms with Crippen molar-refractivity contribution >= 4 is 17.7 Å². The van der Waals surface area contributed by atoms with Crippen LogP contribution in [0.5, 0.6) is 5.75 Å². The Bertz CT molecular complexity index is 1560. The van der Waals surface area contributed by atoms with Crippen LogP contribution in [0.15, 0.2) is 91.1 Å². The number of ether oxygens (including phenoxy) is 1. The van der Waals surface area contributed by atoms with Crippen molar-refractivity contribution in [1.29, 1.82) is 0 Å². The smallest absolute Gasteiger partial charge is 0.249 e. The number of primary amides is 1. The molecule has 44 heavy (non-hydrogen) atoms. The number of carbonyl (C=O) groups is 3. The predicted molar refractivity (Wildman–Crippen MR) is 170 cm³/mol. The van der Waals surface area contributed by atoms with Crippen molar-refractivity contribution in [1.82, 2.24) is 15.6 Å². The van der Waals surface area contributed by atoms with Crippen LogP contribution in [0.3, 0.4) is 0 Å². The number of pyridine rings is 1. The van der Waals surface area contributed by atoms with E-state index in [1.165, 1.54) is 0 Å². The van der Waals surface area contributed by atoms with E-state index in [-0.39, 0.29) is 30.9 Å². The van der Waals surface area contributed by atoms with Crippen LogP contribution in [0, 0.1) is 6.92 Å². The van der Waals surface area contributed by atoms with Gasteiger partial charge in [0.05, 0.1) is 12.5 Å². The Balaban J connectivity index is 1.63. The summed E-state index contributed by atoms with van der Waals surface area (Å²) in [5.41, 5.74) is 16.5. The van der Waals surface area contributed by atoms with E-state index in [1.54, 1.807) is 36.5 Å². The topological polar surface area (TPSA) is 149 Å². The minimum absolute atomic E-state index is 0.177. The summed E-state index contributed by atoms with van der Waals surface area (Å²) in [7, 11) is 0. The van der Waals surface area contributed by atoms with Crippen LogP contribution in [-0.2, 0) is 35.5 Å². The maximum absolute atomic E-state index is 14.2. The Labute approximate surface area is 258 Å². The van der Waals surface area contributed by atoms with Gasteiger partial charge in [0.15, 0.2) is 0 Å². The third-order valence-electron chi connectivity index (χ3n) is 7.34. The highest BCUT2D eigenvalue weighted by atomic mass is 16.5. The van der Waals surface area contributed by atoms with Gasteiger partial charge in [-0.15, -0.1) is 0 Å². The molecule has 1 heterocycles. The van der Waals surface area contributed by atoms with Crippen LogP contribution in [0.4, 0.5) is 0 Å². The fourth-order valence-electron chi connectivity index (χ4n) is 4.98. The van der Waals surface area contributed by atoms with Gasteiger partial charge >= 0.3 is 0 Å². The molecular formula is C35H39N5O4. The Kier molecular flexibility index (Phi) is 11.2. The molecule has 4 rings (SSSR count). The average molecular weight is 594 g/mol. The van der Waals surface area contributed by atoms with Gasteiger partial charge in [0.2, 0.25) is 17.7 Å². The SMILES string of the molecule is CCOc1ccc(C[C@@H](C(=O)N[C@@H](Cc2ccccn2)C(=O)NCc2ccc(CN)cc2)c2cc(C)ccc2C(N)=O)cc1. The fraction of sp³-hybridized carbons (Fsp3) is 0.257. The zero-order valence-corrected chi connectivity index (χ0v) is 25.1. The highest BCUT2D eigenvalue weighted by molar-refractivity contribution is 5.98. The molecule has 3 amide bonds. The molecule has 0 spiro atoms. The minimum atomic E-state index is -0.926. The molecular weight excluding hydrogens is 554 g/mol. The van der Waals surface area contributed by atoms with Crippen molar-refractivity contribution in [2.75, 3.05) is 6.61 Å². The van der Waals surface area contributed by atoms with E-state index in [0.717, 1.165) is 28.0 Å². The summed E-state index contributed by atoms with van der Waals surface area (Å²) in [6, 6.07) is 24.8. The predicted octanol–water partition coefficient (Wildman–Crippen LogP) is 3.72. The monoisotopic (exact) mass is 593 g/mol. The number of aromatic nitrogens is 1. The summed E-state index contributed by atoms with van der Waals surface area (Å²) in [5, 5.41) is 5.92. The molecule has 0 aliphatic rings. The molecule has 0 aliphatic heterocycles. The fourth-order valence-corrected chi connectivity index (χ4v) is 4.98. The minimum Gasteiger partial charge on any atom is -0.494 e. The summed E-state index contributed by atoms with van der Waals surface area (Å²) < 4.78 is 5.57. The molecule has 0 fully saturated rings. The molecule has 3 aromatic carbocycles. The number of nitrogens with two attached hydrogens (primary N) is 2. The summed E-state index contributed by atoms with van der Waals surface area (Å²) in [4.78, 5) is 44.5. The lowest BCUT2D eigenvalue weighted by Gasteiger charge is -2.24. The zero-order chi connectivity index (χ0) is 31.5. The number of nitrogens with one attached hydrogen (secondary N) is 2. The quantitative estimate of drug-likeness (QED) is 0.175. The lowest BCUT2D eigenvalue weighted by molar-refractivity contribution is -0.129. The Morgan fingerprint density at radius 2 is 1.57 bits per heavy atom. The van der Waals surface area contributed by atoms with Gasteiger partial charge in [-0.1, -0.05) is 60.2 Å². The molecule has 9 nitrogen and oxygen atoms in total. The molecule has 4 aromatic rings. The number of amides is 3. The van der Waals surface area contributed by atoms with E-state index in [2.05, 4.69) is 15.6 Å². The van der Waals surface area contributed by atoms with Crippen molar-refractivity contribution in [3.63, 3.8) is 0 Å². The van der Waals surface area contributed by atoms with Gasteiger partial charge in [-0.05, 0) is 72.9 Å². The van der Waals surface area contributed by atoms with Crippen LogP contribution < -0.4 is 26.8 Å². The van der Waals surface area contributed by atoms with E-state index in [0.29, 0.717) is 24.4 Å². The van der Waals surface area contributed by atoms with E-state index in [9.17, 15) is 14.4 Å². The van der Waals surface area contributed by atoms with Gasteiger partial charge in [0.25, 0.3) is 0 Å². The maximum Gasteiger partial charge on any atom is 0.249 e. The number of nitrogens with zero attached hydrogens (tertiary/aromatic N) is 1. The molecule has 0 saturated carbocycles. The van der Waals surface area contributed by atoms with E-state index in [1.807, 2.05) is 68.4 Å². The van der Waals surface area contributed by atoms with Crippen LogP contribution in [0.25, 0.3) is 0 Å². The van der Waals surface area contributed by atoms with Crippen molar-refractivity contribution < 1.29 is 19.1 Å². The molecule has 228 valence electrons. The Morgan fingerprint density at radius 1 is 0.864 bits per heavy atom. The van der Waals surface area contributed by atoms with E-state index >= 15 is 0 Å². The van der Waals surface area contributed by atoms with Crippen LogP contribution in [-0.4, -0.2) is 35.4 Å². The summed E-state index contributed by atoms with van der Waals surface area (Å²) in [6.07, 6.45) is 2.09. The largest absolute Gasteiger partial charge is 0.494 e. The highest BCUT2D eigenvalue weighted by Crippen LogP contribution is 2.27. The Morgan fingerprint density at radius 3 is 2.20 bits per heavy atom. The summed E-state index contributed by atoms with van der Waals surface area (Å²) >= 11 is 0. The lowest BCUT2D eigenvalue weighted by atomic mass is 9.86. The van der Waals surface area contributed by atoms with Gasteiger partial charge in [-0.2, -0.15) is 0 Å². The average Bonchev–Trinajstić information content (AvgIpc) is 3.03. The molecule has 0 unspecified atom stereocenters. The Hall–Kier alpha value is -5.02. The second-order valence-electron chi connectivity index (χ2n) is 10.6.